The average Bonchev–Trinajstić information content (AvgIpc) is 3.32. The highest BCUT2D eigenvalue weighted by Crippen LogP contribution is 2.48. The lowest BCUT2D eigenvalue weighted by molar-refractivity contribution is 0.810. The predicted octanol–water partition coefficient (Wildman–Crippen LogP) is 8.41. The molecule has 1 atom stereocenters. The van der Waals surface area contributed by atoms with Crippen molar-refractivity contribution in [3.63, 3.8) is 0 Å². The summed E-state index contributed by atoms with van der Waals surface area (Å²) in [6, 6.07) is 35.8. The molecule has 6 nitrogen and oxygen atoms in total. The second kappa shape index (κ2) is 9.89. The number of nitrogens with zero attached hydrogens (tertiary/aromatic N) is 5. The van der Waals surface area contributed by atoms with Crippen LogP contribution in [0.5, 0.6) is 0 Å². The van der Waals surface area contributed by atoms with Gasteiger partial charge in [0.05, 0.1) is 28.8 Å². The minimum absolute atomic E-state index is 0.137. The van der Waals surface area contributed by atoms with Gasteiger partial charge in [-0.15, -0.1) is 0 Å². The van der Waals surface area contributed by atoms with Crippen molar-refractivity contribution in [1.29, 1.82) is 0 Å². The molecule has 2 aliphatic rings. The minimum Gasteiger partial charge on any atom is -0.337 e. The monoisotopic (exact) mass is 536 g/mol. The first kappa shape index (κ1) is 25.0. The highest BCUT2D eigenvalue weighted by Gasteiger charge is 2.41. The average molecular weight is 537 g/mol. The zero-order valence-electron chi connectivity index (χ0n) is 23.7. The molecule has 1 aromatic heterocycles. The number of anilines is 2. The molecule has 0 saturated heterocycles. The van der Waals surface area contributed by atoms with Gasteiger partial charge >= 0.3 is 0 Å². The standard InChI is InChI=1S/C35H32N6/c1-22(2)25-17-19-26(20-18-25)32-31-24(4)39-41(28-13-6-5-7-14-28)34(31)38-35-33(36-27-12-10-11-23(3)21-27)37-29-15-8-9-16-30(29)40(32)35/h5-22,32H,1-4H3,(H,36,37)/t32-/m1/s1. The summed E-state index contributed by atoms with van der Waals surface area (Å²) in [5.74, 6) is 2.77. The maximum absolute atomic E-state index is 5.33. The predicted molar refractivity (Wildman–Crippen MR) is 169 cm³/mol. The van der Waals surface area contributed by atoms with Gasteiger partial charge in [0.2, 0.25) is 0 Å². The lowest BCUT2D eigenvalue weighted by atomic mass is 9.91. The lowest BCUT2D eigenvalue weighted by Crippen LogP contribution is -2.46. The molecule has 41 heavy (non-hydrogen) atoms. The van der Waals surface area contributed by atoms with E-state index in [1.165, 1.54) is 16.7 Å². The molecule has 0 unspecified atom stereocenters. The van der Waals surface area contributed by atoms with Crippen molar-refractivity contribution in [2.45, 2.75) is 39.7 Å². The van der Waals surface area contributed by atoms with Crippen molar-refractivity contribution in [3.8, 4) is 5.69 Å². The molecule has 0 spiro atoms. The van der Waals surface area contributed by atoms with Crippen molar-refractivity contribution >= 4 is 34.6 Å². The SMILES string of the molecule is Cc1cccc(NC2=Nc3ccccc3N3C2=Nc2c(c(C)nn2-c2ccccc2)[C@H]3c2ccc(C(C)C)cc2)c1. The van der Waals surface area contributed by atoms with Crippen LogP contribution in [0.25, 0.3) is 5.69 Å². The summed E-state index contributed by atoms with van der Waals surface area (Å²) in [4.78, 5) is 12.8. The van der Waals surface area contributed by atoms with Crippen LogP contribution in [0.2, 0.25) is 0 Å². The number of aromatic nitrogens is 2. The second-order valence-corrected chi connectivity index (χ2v) is 11.0. The zero-order valence-corrected chi connectivity index (χ0v) is 23.7. The summed E-state index contributed by atoms with van der Waals surface area (Å²) >= 11 is 0. The van der Waals surface area contributed by atoms with E-state index in [2.05, 4.69) is 117 Å². The number of benzene rings is 4. The van der Waals surface area contributed by atoms with Crippen molar-refractivity contribution in [2.75, 3.05) is 10.2 Å². The molecule has 0 radical (unpaired) electrons. The number of hydrogen-bond donors (Lipinski definition) is 1. The van der Waals surface area contributed by atoms with Gasteiger partial charge in [0, 0.05) is 11.3 Å². The number of aryl methyl sites for hydroxylation is 2. The van der Waals surface area contributed by atoms with E-state index < -0.39 is 0 Å². The zero-order chi connectivity index (χ0) is 28.1. The van der Waals surface area contributed by atoms with Crippen LogP contribution in [0.1, 0.15) is 53.8 Å². The fourth-order valence-corrected chi connectivity index (χ4v) is 5.79. The third-order valence-corrected chi connectivity index (χ3v) is 7.84. The Hall–Kier alpha value is -4.97. The number of hydrogen-bond acceptors (Lipinski definition) is 5. The maximum Gasteiger partial charge on any atom is 0.179 e. The van der Waals surface area contributed by atoms with Crippen LogP contribution in [0.15, 0.2) is 113 Å². The smallest absolute Gasteiger partial charge is 0.179 e. The normalized spacial score (nSPS) is 15.5. The van der Waals surface area contributed by atoms with Gasteiger partial charge in [0.15, 0.2) is 17.5 Å². The van der Waals surface area contributed by atoms with E-state index in [4.69, 9.17) is 15.1 Å². The first-order chi connectivity index (χ1) is 20.0. The first-order valence-corrected chi connectivity index (χ1v) is 14.1. The number of aliphatic imine (C=N–C) groups is 2. The van der Waals surface area contributed by atoms with Crippen molar-refractivity contribution in [1.82, 2.24) is 9.78 Å². The van der Waals surface area contributed by atoms with E-state index >= 15 is 0 Å². The van der Waals surface area contributed by atoms with Crippen LogP contribution in [0.3, 0.4) is 0 Å². The number of amidine groups is 2. The van der Waals surface area contributed by atoms with Gasteiger partial charge in [-0.2, -0.15) is 5.10 Å². The van der Waals surface area contributed by atoms with Crippen molar-refractivity contribution in [2.24, 2.45) is 9.98 Å². The number of fused-ring (bicyclic) bond motifs is 4. The summed E-state index contributed by atoms with van der Waals surface area (Å²) in [6.07, 6.45) is 0. The largest absolute Gasteiger partial charge is 0.337 e. The molecule has 3 heterocycles. The summed E-state index contributed by atoms with van der Waals surface area (Å²) < 4.78 is 1.97. The Balaban J connectivity index is 1.48. The van der Waals surface area contributed by atoms with E-state index in [0.717, 1.165) is 45.7 Å². The summed E-state index contributed by atoms with van der Waals surface area (Å²) in [5, 5.41) is 8.64. The summed E-state index contributed by atoms with van der Waals surface area (Å²) in [5.41, 5.74) is 9.62. The molecule has 1 N–H and O–H groups in total. The third-order valence-electron chi connectivity index (χ3n) is 7.84. The topological polar surface area (TPSA) is 57.8 Å². The molecule has 5 aromatic rings. The summed E-state index contributed by atoms with van der Waals surface area (Å²) in [6.45, 7) is 8.64. The van der Waals surface area contributed by atoms with Gasteiger partial charge in [0.25, 0.3) is 0 Å². The second-order valence-electron chi connectivity index (χ2n) is 11.0. The van der Waals surface area contributed by atoms with E-state index in [9.17, 15) is 0 Å². The van der Waals surface area contributed by atoms with Gasteiger partial charge in [0.1, 0.15) is 0 Å². The first-order valence-electron chi connectivity index (χ1n) is 14.1. The molecule has 0 fully saturated rings. The Morgan fingerprint density at radius 2 is 1.54 bits per heavy atom. The van der Waals surface area contributed by atoms with Crippen LogP contribution >= 0.6 is 0 Å². The fraction of sp³-hybridized carbons (Fsp3) is 0.171. The molecule has 0 amide bonds. The van der Waals surface area contributed by atoms with Gasteiger partial charge in [-0.3, -0.25) is 0 Å². The third kappa shape index (κ3) is 4.32. The van der Waals surface area contributed by atoms with E-state index in [1.807, 2.05) is 28.9 Å². The Bertz CT molecular complexity index is 1810. The van der Waals surface area contributed by atoms with Gasteiger partial charge < -0.3 is 10.2 Å². The maximum atomic E-state index is 5.33. The Morgan fingerprint density at radius 3 is 2.29 bits per heavy atom. The molecule has 0 bridgehead atoms. The van der Waals surface area contributed by atoms with Gasteiger partial charge in [-0.1, -0.05) is 80.6 Å². The van der Waals surface area contributed by atoms with Crippen LogP contribution in [0, 0.1) is 13.8 Å². The Morgan fingerprint density at radius 1 is 0.780 bits per heavy atom. The van der Waals surface area contributed by atoms with Gasteiger partial charge in [-0.25, -0.2) is 14.7 Å². The lowest BCUT2D eigenvalue weighted by Gasteiger charge is -2.40. The van der Waals surface area contributed by atoms with Crippen LogP contribution in [-0.2, 0) is 0 Å². The molecular weight excluding hydrogens is 504 g/mol. The molecule has 6 heteroatoms. The molecule has 0 saturated carbocycles. The molecule has 2 aliphatic heterocycles. The number of nitrogens with one attached hydrogen (secondary N) is 1. The highest BCUT2D eigenvalue weighted by atomic mass is 15.4. The van der Waals surface area contributed by atoms with E-state index in [0.29, 0.717) is 11.8 Å². The van der Waals surface area contributed by atoms with Crippen molar-refractivity contribution in [3.05, 3.63) is 131 Å². The molecular formula is C35H32N6. The van der Waals surface area contributed by atoms with Crippen LogP contribution in [-0.4, -0.2) is 21.5 Å². The number of para-hydroxylation sites is 3. The summed E-state index contributed by atoms with van der Waals surface area (Å²) in [7, 11) is 0. The molecule has 202 valence electrons. The highest BCUT2D eigenvalue weighted by molar-refractivity contribution is 6.51. The molecule has 7 rings (SSSR count). The van der Waals surface area contributed by atoms with Crippen LogP contribution in [0.4, 0.5) is 22.9 Å². The van der Waals surface area contributed by atoms with Crippen LogP contribution < -0.4 is 10.2 Å². The van der Waals surface area contributed by atoms with E-state index in [-0.39, 0.29) is 6.04 Å². The quantitative estimate of drug-likeness (QED) is 0.251. The molecule has 0 aliphatic carbocycles. The number of rotatable bonds is 4. The Kier molecular flexibility index (Phi) is 6.04. The van der Waals surface area contributed by atoms with E-state index in [1.54, 1.807) is 0 Å². The van der Waals surface area contributed by atoms with Gasteiger partial charge in [-0.05, 0) is 72.9 Å². The Labute approximate surface area is 240 Å². The fourth-order valence-electron chi connectivity index (χ4n) is 5.79. The molecule has 4 aromatic carbocycles. The van der Waals surface area contributed by atoms with Crippen molar-refractivity contribution < 1.29 is 0 Å². The minimum atomic E-state index is -0.137.